The molecule has 0 aromatic rings. The molecule has 0 unspecified atom stereocenters. The molecule has 0 saturated heterocycles. The minimum atomic E-state index is -0.520. The van der Waals surface area contributed by atoms with Gasteiger partial charge in [-0.05, 0) is 13.8 Å². The lowest BCUT2D eigenvalue weighted by Gasteiger charge is -2.28. The third-order valence-corrected chi connectivity index (χ3v) is 5.47. The maximum absolute atomic E-state index is 5.76. The molecule has 0 bridgehead atoms. The quantitative estimate of drug-likeness (QED) is 0.753. The molecule has 18 heavy (non-hydrogen) atoms. The Labute approximate surface area is 106 Å². The van der Waals surface area contributed by atoms with E-state index in [9.17, 15) is 0 Å². The van der Waals surface area contributed by atoms with Gasteiger partial charge >= 0.3 is 0 Å². The number of hydrogen-bond acceptors (Lipinski definition) is 6. The Kier molecular flexibility index (Phi) is 1.63. The number of hydrogen-bond donors (Lipinski definition) is 0. The molecule has 0 amide bonds. The lowest BCUT2D eigenvalue weighted by molar-refractivity contribution is -0.0589. The summed E-state index contributed by atoms with van der Waals surface area (Å²) < 4.78 is 11.5. The van der Waals surface area contributed by atoms with Crippen LogP contribution < -0.4 is 0 Å². The minimum absolute atomic E-state index is 0.218. The third kappa shape index (κ3) is 0.862. The van der Waals surface area contributed by atoms with E-state index in [1.165, 1.54) is 0 Å². The molecule has 2 saturated carbocycles. The molecule has 6 nitrogen and oxygen atoms in total. The Morgan fingerprint density at radius 3 is 1.50 bits per heavy atom. The molecule has 0 radical (unpaired) electrons. The highest BCUT2D eigenvalue weighted by Gasteiger charge is 2.81. The monoisotopic (exact) mass is 250 g/mol. The van der Waals surface area contributed by atoms with E-state index in [4.69, 9.17) is 9.47 Å². The number of methoxy groups -OCH3 is 2. The predicted molar refractivity (Wildman–Crippen MR) is 62.2 cm³/mol. The van der Waals surface area contributed by atoms with Crippen LogP contribution >= 0.6 is 0 Å². The molecule has 6 atom stereocenters. The molecular weight excluding hydrogens is 232 g/mol. The van der Waals surface area contributed by atoms with Crippen molar-refractivity contribution in [3.8, 4) is 0 Å². The minimum Gasteiger partial charge on any atom is -0.355 e. The molecule has 0 aromatic heterocycles. The predicted octanol–water partition coefficient (Wildman–Crippen LogP) is 2.16. The summed E-state index contributed by atoms with van der Waals surface area (Å²) in [5, 5.41) is 18.0. The summed E-state index contributed by atoms with van der Waals surface area (Å²) >= 11 is 0. The molecule has 0 aromatic carbocycles. The van der Waals surface area contributed by atoms with Crippen molar-refractivity contribution >= 4 is 0 Å². The first-order valence-corrected chi connectivity index (χ1v) is 6.42. The summed E-state index contributed by atoms with van der Waals surface area (Å²) in [4.78, 5) is 0. The Bertz CT molecular complexity index is 450. The smallest absolute Gasteiger partial charge is 0.186 e. The summed E-state index contributed by atoms with van der Waals surface area (Å²) in [6.45, 7) is 4.28. The van der Waals surface area contributed by atoms with E-state index >= 15 is 0 Å². The zero-order chi connectivity index (χ0) is 12.8. The number of rotatable bonds is 2. The Morgan fingerprint density at radius 1 is 0.778 bits per heavy atom. The van der Waals surface area contributed by atoms with Crippen molar-refractivity contribution in [2.45, 2.75) is 49.2 Å². The van der Waals surface area contributed by atoms with Crippen LogP contribution in [0.5, 0.6) is 0 Å². The summed E-state index contributed by atoms with van der Waals surface area (Å²) in [6.07, 6.45) is 1.50. The van der Waals surface area contributed by atoms with Crippen LogP contribution in [0.1, 0.15) is 26.7 Å². The zero-order valence-electron chi connectivity index (χ0n) is 11.2. The van der Waals surface area contributed by atoms with Crippen LogP contribution in [-0.2, 0) is 9.47 Å². The Morgan fingerprint density at radius 2 is 1.17 bits per heavy atom. The fraction of sp³-hybridized carbons (Fsp3) is 1.00. The van der Waals surface area contributed by atoms with Gasteiger partial charge in [0.2, 0.25) is 0 Å². The maximum Gasteiger partial charge on any atom is 0.186 e. The van der Waals surface area contributed by atoms with Crippen LogP contribution in [0.4, 0.5) is 0 Å². The van der Waals surface area contributed by atoms with Crippen LogP contribution in [0.3, 0.4) is 0 Å². The van der Waals surface area contributed by atoms with Gasteiger partial charge in [-0.2, -0.15) is 20.5 Å². The number of nitrogens with zero attached hydrogens (tertiary/aromatic N) is 4. The second kappa shape index (κ2) is 2.67. The lowest BCUT2D eigenvalue weighted by Crippen LogP contribution is -2.40. The zero-order valence-corrected chi connectivity index (χ0v) is 11.2. The molecule has 4 rings (SSSR count). The van der Waals surface area contributed by atoms with E-state index < -0.39 is 11.4 Å². The molecule has 2 fully saturated rings. The van der Waals surface area contributed by atoms with E-state index in [-0.39, 0.29) is 22.9 Å². The summed E-state index contributed by atoms with van der Waals surface area (Å²) in [5.41, 5.74) is -1.50. The standard InChI is InChI=1S/C12H18N4O2/c1-9-5-11(17-3)8-7(9)12(18-4,15-13-9)6-10(8,2)14-16-11/h7-8H,5-6H2,1-4H3/t7-,8-,9+,10+,11+,12+/m0/s1. The van der Waals surface area contributed by atoms with Crippen molar-refractivity contribution in [2.75, 3.05) is 14.2 Å². The lowest BCUT2D eigenvalue weighted by atomic mass is 9.81. The van der Waals surface area contributed by atoms with Crippen LogP contribution in [0.2, 0.25) is 0 Å². The van der Waals surface area contributed by atoms with E-state index in [0.717, 1.165) is 12.8 Å². The normalized spacial score (nSPS) is 62.9. The summed E-state index contributed by atoms with van der Waals surface area (Å²) in [7, 11) is 3.44. The summed E-state index contributed by atoms with van der Waals surface area (Å²) in [6, 6.07) is 0. The Hall–Kier alpha value is -0.880. The average Bonchev–Trinajstić information content (AvgIpc) is 2.95. The fourth-order valence-corrected chi connectivity index (χ4v) is 4.94. The third-order valence-electron chi connectivity index (χ3n) is 5.47. The van der Waals surface area contributed by atoms with E-state index in [1.807, 2.05) is 0 Å². The van der Waals surface area contributed by atoms with E-state index in [0.29, 0.717) is 0 Å². The molecule has 2 heterocycles. The van der Waals surface area contributed by atoms with Gasteiger partial charge in [-0.3, -0.25) is 0 Å². The van der Waals surface area contributed by atoms with E-state index in [1.54, 1.807) is 14.2 Å². The van der Waals surface area contributed by atoms with Crippen molar-refractivity contribution < 1.29 is 9.47 Å². The van der Waals surface area contributed by atoms with Crippen molar-refractivity contribution in [1.82, 2.24) is 0 Å². The summed E-state index contributed by atoms with van der Waals surface area (Å²) in [5.74, 6) is 0.435. The molecular formula is C12H18N4O2. The van der Waals surface area contributed by atoms with Gasteiger partial charge in [-0.25, -0.2) is 0 Å². The number of ether oxygens (including phenoxy) is 2. The first kappa shape index (κ1) is 11.0. The first-order valence-electron chi connectivity index (χ1n) is 6.42. The molecule has 2 aliphatic heterocycles. The molecule has 6 heteroatoms. The van der Waals surface area contributed by atoms with E-state index in [2.05, 4.69) is 34.3 Å². The van der Waals surface area contributed by atoms with Gasteiger partial charge in [-0.15, -0.1) is 0 Å². The van der Waals surface area contributed by atoms with Gasteiger partial charge in [0.1, 0.15) is 0 Å². The molecule has 98 valence electrons. The molecule has 0 spiro atoms. The highest BCUT2D eigenvalue weighted by atomic mass is 16.5. The van der Waals surface area contributed by atoms with Gasteiger partial charge in [0, 0.05) is 38.9 Å². The van der Waals surface area contributed by atoms with Gasteiger partial charge in [0.05, 0.1) is 11.1 Å². The average molecular weight is 250 g/mol. The topological polar surface area (TPSA) is 67.9 Å². The second-order valence-corrected chi connectivity index (χ2v) is 6.52. The van der Waals surface area contributed by atoms with Crippen molar-refractivity contribution in [3.05, 3.63) is 0 Å². The second-order valence-electron chi connectivity index (χ2n) is 6.52. The highest BCUT2D eigenvalue weighted by Crippen LogP contribution is 2.71. The fourth-order valence-electron chi connectivity index (χ4n) is 4.94. The van der Waals surface area contributed by atoms with Gasteiger partial charge in [0.25, 0.3) is 0 Å². The largest absolute Gasteiger partial charge is 0.355 e. The highest BCUT2D eigenvalue weighted by molar-refractivity contribution is 5.31. The Balaban J connectivity index is 1.95. The van der Waals surface area contributed by atoms with Crippen molar-refractivity contribution in [3.63, 3.8) is 0 Å². The molecule has 0 N–H and O–H groups in total. The van der Waals surface area contributed by atoms with Crippen LogP contribution in [0.15, 0.2) is 20.5 Å². The van der Waals surface area contributed by atoms with Crippen LogP contribution in [-0.4, -0.2) is 36.7 Å². The van der Waals surface area contributed by atoms with Gasteiger partial charge in [0.15, 0.2) is 11.4 Å². The maximum atomic E-state index is 5.76. The molecule has 2 aliphatic carbocycles. The van der Waals surface area contributed by atoms with Gasteiger partial charge in [-0.1, -0.05) is 0 Å². The van der Waals surface area contributed by atoms with Crippen LogP contribution in [0, 0.1) is 11.8 Å². The number of azo groups is 2. The molecule has 4 aliphatic rings. The van der Waals surface area contributed by atoms with Crippen LogP contribution in [0.25, 0.3) is 0 Å². The van der Waals surface area contributed by atoms with Crippen molar-refractivity contribution in [2.24, 2.45) is 32.3 Å². The first-order chi connectivity index (χ1) is 8.44. The SMILES string of the molecule is CO[C@@]12C[C@@]3(C)N=N[C@@]4(OC)C[C@@](C)(N=N1)[C@@H]2[C@@H]34. The van der Waals surface area contributed by atoms with Gasteiger partial charge < -0.3 is 9.47 Å². The van der Waals surface area contributed by atoms with Crippen molar-refractivity contribution in [1.29, 1.82) is 0 Å².